The van der Waals surface area contributed by atoms with Crippen LogP contribution in [0.2, 0.25) is 0 Å². The molecule has 0 saturated carbocycles. The molecule has 1 aliphatic rings. The second-order valence-corrected chi connectivity index (χ2v) is 5.22. The summed E-state index contributed by atoms with van der Waals surface area (Å²) in [5, 5.41) is 13.5. The van der Waals surface area contributed by atoms with Gasteiger partial charge in [-0.25, -0.2) is 4.98 Å². The van der Waals surface area contributed by atoms with Gasteiger partial charge in [-0.1, -0.05) is 12.2 Å². The highest BCUT2D eigenvalue weighted by Gasteiger charge is 2.17. The Hall–Kier alpha value is -0.710. The van der Waals surface area contributed by atoms with E-state index in [0.717, 1.165) is 18.0 Å². The first-order valence-corrected chi connectivity index (χ1v) is 6.03. The third kappa shape index (κ3) is 2.87. The number of aliphatic hydroxyl groups is 1. The number of aliphatic hydroxyl groups excluding tert-OH is 1. The molecule has 0 aromatic carbocycles. The molecule has 3 nitrogen and oxygen atoms in total. The first kappa shape index (κ1) is 10.8. The number of aryl methyl sites for hydroxylation is 1. The predicted octanol–water partition coefficient (Wildman–Crippen LogP) is 1.48. The lowest BCUT2D eigenvalue weighted by atomic mass is 10.1. The van der Waals surface area contributed by atoms with Crippen LogP contribution in [0.5, 0.6) is 0 Å². The average molecular weight is 224 g/mol. The minimum atomic E-state index is 0.258. The molecule has 0 saturated heterocycles. The van der Waals surface area contributed by atoms with E-state index >= 15 is 0 Å². The Balaban J connectivity index is 1.78. The van der Waals surface area contributed by atoms with Crippen molar-refractivity contribution in [3.8, 4) is 0 Å². The summed E-state index contributed by atoms with van der Waals surface area (Å²) in [6, 6.07) is 0.407. The van der Waals surface area contributed by atoms with Crippen LogP contribution in [-0.4, -0.2) is 22.7 Å². The molecule has 0 amide bonds. The van der Waals surface area contributed by atoms with Crippen molar-refractivity contribution < 1.29 is 5.11 Å². The van der Waals surface area contributed by atoms with Gasteiger partial charge in [-0.05, 0) is 13.3 Å². The van der Waals surface area contributed by atoms with Crippen molar-refractivity contribution in [3.63, 3.8) is 0 Å². The topological polar surface area (TPSA) is 45.2 Å². The number of nitrogens with one attached hydrogen (secondary N) is 1. The molecule has 1 heterocycles. The molecule has 1 aliphatic carbocycles. The van der Waals surface area contributed by atoms with Crippen molar-refractivity contribution in [2.45, 2.75) is 25.9 Å². The summed E-state index contributed by atoms with van der Waals surface area (Å²) in [4.78, 5) is 5.49. The van der Waals surface area contributed by atoms with Gasteiger partial charge in [-0.3, -0.25) is 0 Å². The maximum atomic E-state index is 8.99. The summed E-state index contributed by atoms with van der Waals surface area (Å²) in [5.41, 5.74) is 0. The summed E-state index contributed by atoms with van der Waals surface area (Å²) in [6.45, 7) is 3.15. The maximum absolute atomic E-state index is 8.99. The van der Waals surface area contributed by atoms with Crippen molar-refractivity contribution in [2.24, 2.45) is 5.92 Å². The largest absolute Gasteiger partial charge is 0.396 e. The molecule has 0 fully saturated rings. The fourth-order valence-electron chi connectivity index (χ4n) is 1.78. The second-order valence-electron chi connectivity index (χ2n) is 3.90. The summed E-state index contributed by atoms with van der Waals surface area (Å²) < 4.78 is 0. The Labute approximate surface area is 93.9 Å². The zero-order valence-electron chi connectivity index (χ0n) is 8.81. The lowest BCUT2D eigenvalue weighted by molar-refractivity contribution is 0.246. The molecular weight excluding hydrogens is 208 g/mol. The summed E-state index contributed by atoms with van der Waals surface area (Å²) in [7, 11) is 0. The Morgan fingerprint density at radius 1 is 1.60 bits per heavy atom. The summed E-state index contributed by atoms with van der Waals surface area (Å²) in [6.07, 6.45) is 7.17. The van der Waals surface area contributed by atoms with Gasteiger partial charge >= 0.3 is 0 Å². The average Bonchev–Trinajstić information content (AvgIpc) is 2.83. The zero-order valence-corrected chi connectivity index (χ0v) is 9.63. The standard InChI is InChI=1S/C11H16N2OS/c1-8-12-5-11(15-8)6-13-10-3-2-9(4-10)7-14/h2-3,5,9-10,13-14H,4,6-7H2,1H3/t9-,10+/m0/s1. The molecule has 4 heteroatoms. The highest BCUT2D eigenvalue weighted by Crippen LogP contribution is 2.18. The minimum Gasteiger partial charge on any atom is -0.396 e. The Morgan fingerprint density at radius 2 is 2.47 bits per heavy atom. The van der Waals surface area contributed by atoms with Crippen LogP contribution >= 0.6 is 11.3 Å². The van der Waals surface area contributed by atoms with Crippen LogP contribution in [0.1, 0.15) is 16.3 Å². The molecule has 0 aliphatic heterocycles. The SMILES string of the molecule is Cc1ncc(CN[C@@H]2C=C[C@H](CO)C2)s1. The number of aromatic nitrogens is 1. The molecule has 1 aromatic heterocycles. The van der Waals surface area contributed by atoms with E-state index < -0.39 is 0 Å². The van der Waals surface area contributed by atoms with Gasteiger partial charge in [0.2, 0.25) is 0 Å². The molecule has 0 unspecified atom stereocenters. The number of hydrogen-bond acceptors (Lipinski definition) is 4. The van der Waals surface area contributed by atoms with Gasteiger partial charge in [-0.2, -0.15) is 0 Å². The first-order valence-electron chi connectivity index (χ1n) is 5.22. The van der Waals surface area contributed by atoms with Gasteiger partial charge in [0.1, 0.15) is 0 Å². The predicted molar refractivity (Wildman–Crippen MR) is 61.8 cm³/mol. The maximum Gasteiger partial charge on any atom is 0.0897 e. The van der Waals surface area contributed by atoms with E-state index in [1.807, 2.05) is 13.1 Å². The van der Waals surface area contributed by atoms with Crippen LogP contribution in [0.25, 0.3) is 0 Å². The van der Waals surface area contributed by atoms with Crippen molar-refractivity contribution in [2.75, 3.05) is 6.61 Å². The smallest absolute Gasteiger partial charge is 0.0897 e. The summed E-state index contributed by atoms with van der Waals surface area (Å²) >= 11 is 1.73. The monoisotopic (exact) mass is 224 g/mol. The van der Waals surface area contributed by atoms with E-state index in [1.54, 1.807) is 11.3 Å². The van der Waals surface area contributed by atoms with Crippen molar-refractivity contribution >= 4 is 11.3 Å². The van der Waals surface area contributed by atoms with Gasteiger partial charge in [0.25, 0.3) is 0 Å². The van der Waals surface area contributed by atoms with Gasteiger partial charge in [-0.15, -0.1) is 11.3 Å². The van der Waals surface area contributed by atoms with Gasteiger partial charge in [0.15, 0.2) is 0 Å². The number of hydrogen-bond donors (Lipinski definition) is 2. The minimum absolute atomic E-state index is 0.258. The Bertz CT molecular complexity index is 348. The third-order valence-corrected chi connectivity index (χ3v) is 3.53. The molecule has 2 atom stereocenters. The highest BCUT2D eigenvalue weighted by atomic mass is 32.1. The van der Waals surface area contributed by atoms with E-state index in [1.165, 1.54) is 4.88 Å². The van der Waals surface area contributed by atoms with Crippen molar-refractivity contribution in [3.05, 3.63) is 28.2 Å². The number of thiazole rings is 1. The fourth-order valence-corrected chi connectivity index (χ4v) is 2.53. The van der Waals surface area contributed by atoms with E-state index in [4.69, 9.17) is 5.11 Å². The number of nitrogens with zero attached hydrogens (tertiary/aromatic N) is 1. The van der Waals surface area contributed by atoms with Gasteiger partial charge in [0, 0.05) is 36.2 Å². The highest BCUT2D eigenvalue weighted by molar-refractivity contribution is 7.11. The quantitative estimate of drug-likeness (QED) is 0.761. The molecule has 1 aromatic rings. The normalized spacial score (nSPS) is 24.9. The molecule has 2 rings (SSSR count). The van der Waals surface area contributed by atoms with Crippen LogP contribution < -0.4 is 5.32 Å². The third-order valence-electron chi connectivity index (χ3n) is 2.61. The van der Waals surface area contributed by atoms with E-state index in [2.05, 4.69) is 22.5 Å². The van der Waals surface area contributed by atoms with Gasteiger partial charge in [0.05, 0.1) is 5.01 Å². The molecule has 0 spiro atoms. The van der Waals surface area contributed by atoms with Crippen LogP contribution in [0, 0.1) is 12.8 Å². The molecular formula is C11H16N2OS. The first-order chi connectivity index (χ1) is 7.28. The van der Waals surface area contributed by atoms with Crippen LogP contribution in [-0.2, 0) is 6.54 Å². The van der Waals surface area contributed by atoms with Crippen LogP contribution in [0.3, 0.4) is 0 Å². The van der Waals surface area contributed by atoms with Crippen LogP contribution in [0.15, 0.2) is 18.3 Å². The lowest BCUT2D eigenvalue weighted by Crippen LogP contribution is -2.25. The molecule has 82 valence electrons. The van der Waals surface area contributed by atoms with Crippen LogP contribution in [0.4, 0.5) is 0 Å². The van der Waals surface area contributed by atoms with Crippen molar-refractivity contribution in [1.29, 1.82) is 0 Å². The lowest BCUT2D eigenvalue weighted by Gasteiger charge is -2.11. The molecule has 2 N–H and O–H groups in total. The van der Waals surface area contributed by atoms with Gasteiger partial charge < -0.3 is 10.4 Å². The Morgan fingerprint density at radius 3 is 3.07 bits per heavy atom. The Kier molecular flexibility index (Phi) is 3.51. The molecule has 0 bridgehead atoms. The van der Waals surface area contributed by atoms with E-state index in [0.29, 0.717) is 12.0 Å². The fraction of sp³-hybridized carbons (Fsp3) is 0.545. The molecule has 0 radical (unpaired) electrons. The summed E-state index contributed by atoms with van der Waals surface area (Å²) in [5.74, 6) is 0.339. The van der Waals surface area contributed by atoms with Crippen molar-refractivity contribution in [1.82, 2.24) is 10.3 Å². The second kappa shape index (κ2) is 4.88. The zero-order chi connectivity index (χ0) is 10.7. The van der Waals surface area contributed by atoms with E-state index in [-0.39, 0.29) is 6.61 Å². The molecule has 15 heavy (non-hydrogen) atoms. The van der Waals surface area contributed by atoms with E-state index in [9.17, 15) is 0 Å². The number of rotatable bonds is 4.